The van der Waals surface area contributed by atoms with Crippen LogP contribution in [0.5, 0.6) is 0 Å². The normalized spacial score (nSPS) is 11.9. The minimum atomic E-state index is 0.847. The van der Waals surface area contributed by atoms with E-state index >= 15 is 0 Å². The van der Waals surface area contributed by atoms with Gasteiger partial charge in [0.2, 0.25) is 0 Å². The van der Waals surface area contributed by atoms with E-state index in [4.69, 9.17) is 8.83 Å². The van der Waals surface area contributed by atoms with Crippen molar-refractivity contribution in [1.29, 1.82) is 0 Å². The highest BCUT2D eigenvalue weighted by Crippen LogP contribution is 2.46. The Bertz CT molecular complexity index is 2450. The number of nitrogens with zero attached hydrogens (tertiary/aromatic N) is 1. The summed E-state index contributed by atoms with van der Waals surface area (Å²) in [5.41, 5.74) is 6.45. The van der Waals surface area contributed by atoms with Crippen LogP contribution >= 0.6 is 0 Å². The van der Waals surface area contributed by atoms with Crippen LogP contribution in [0.25, 0.3) is 65.4 Å². The predicted molar refractivity (Wildman–Crippen MR) is 171 cm³/mol. The first-order chi connectivity index (χ1) is 20.3. The lowest BCUT2D eigenvalue weighted by atomic mass is 10.0. The molecule has 2 aromatic heterocycles. The van der Waals surface area contributed by atoms with Gasteiger partial charge in [-0.2, -0.15) is 0 Å². The molecule has 41 heavy (non-hydrogen) atoms. The zero-order valence-corrected chi connectivity index (χ0v) is 22.0. The number of anilines is 3. The monoisotopic (exact) mass is 525 g/mol. The Morgan fingerprint density at radius 1 is 0.366 bits per heavy atom. The topological polar surface area (TPSA) is 29.5 Å². The van der Waals surface area contributed by atoms with Crippen LogP contribution in [0.1, 0.15) is 0 Å². The average Bonchev–Trinajstić information content (AvgIpc) is 3.61. The molecule has 0 radical (unpaired) electrons. The van der Waals surface area contributed by atoms with Crippen LogP contribution in [0.15, 0.2) is 148 Å². The van der Waals surface area contributed by atoms with E-state index < -0.39 is 0 Å². The van der Waals surface area contributed by atoms with E-state index in [0.717, 1.165) is 66.3 Å². The maximum atomic E-state index is 6.81. The number of furan rings is 2. The molecule has 0 unspecified atom stereocenters. The fraction of sp³-hybridized carbons (Fsp3) is 0. The number of hydrogen-bond donors (Lipinski definition) is 0. The number of fused-ring (bicyclic) bond motifs is 9. The quantitative estimate of drug-likeness (QED) is 0.230. The molecule has 0 aliphatic rings. The molecule has 3 nitrogen and oxygen atoms in total. The molecule has 0 spiro atoms. The molecule has 0 aliphatic heterocycles. The second-order valence-corrected chi connectivity index (χ2v) is 10.5. The van der Waals surface area contributed by atoms with Gasteiger partial charge in [-0.3, -0.25) is 0 Å². The summed E-state index contributed by atoms with van der Waals surface area (Å²) in [5, 5.41) is 9.05. The molecule has 0 bridgehead atoms. The molecule has 0 N–H and O–H groups in total. The van der Waals surface area contributed by atoms with E-state index in [-0.39, 0.29) is 0 Å². The number of hydrogen-bond acceptors (Lipinski definition) is 3. The Labute approximate surface area is 235 Å². The van der Waals surface area contributed by atoms with Crippen LogP contribution in [0.2, 0.25) is 0 Å². The van der Waals surface area contributed by atoms with Crippen molar-refractivity contribution in [3.05, 3.63) is 140 Å². The van der Waals surface area contributed by atoms with E-state index in [1.54, 1.807) is 0 Å². The summed E-state index contributed by atoms with van der Waals surface area (Å²) in [6.07, 6.45) is 0. The third-order valence-electron chi connectivity index (χ3n) is 8.22. The molecule has 3 heteroatoms. The first-order valence-electron chi connectivity index (χ1n) is 13.9. The second-order valence-electron chi connectivity index (χ2n) is 10.5. The zero-order chi connectivity index (χ0) is 26.9. The third-order valence-corrected chi connectivity index (χ3v) is 8.22. The third kappa shape index (κ3) is 3.26. The van der Waals surface area contributed by atoms with E-state index in [0.29, 0.717) is 0 Å². The van der Waals surface area contributed by atoms with Crippen LogP contribution in [0, 0.1) is 0 Å². The van der Waals surface area contributed by atoms with Gasteiger partial charge >= 0.3 is 0 Å². The molecule has 0 saturated carbocycles. The van der Waals surface area contributed by atoms with E-state index in [1.165, 1.54) is 16.2 Å². The first kappa shape index (κ1) is 22.3. The second kappa shape index (κ2) is 8.48. The van der Waals surface area contributed by atoms with Gasteiger partial charge in [-0.25, -0.2) is 0 Å². The van der Waals surface area contributed by atoms with Crippen molar-refractivity contribution in [2.45, 2.75) is 0 Å². The molecular weight excluding hydrogens is 502 g/mol. The number of para-hydroxylation sites is 3. The van der Waals surface area contributed by atoms with Gasteiger partial charge in [-0.1, -0.05) is 103 Å². The van der Waals surface area contributed by atoms with E-state index in [2.05, 4.69) is 132 Å². The lowest BCUT2D eigenvalue weighted by Gasteiger charge is -2.26. The van der Waals surface area contributed by atoms with Crippen LogP contribution in [-0.2, 0) is 0 Å². The SMILES string of the molecule is c1ccc2cc(N(c3cccc4c3oc3ccccc34)c3cccc4c3oc3c5ccccc5ccc43)ccc2c1. The lowest BCUT2D eigenvalue weighted by molar-refractivity contribution is 0.667. The maximum Gasteiger partial charge on any atom is 0.159 e. The summed E-state index contributed by atoms with van der Waals surface area (Å²) in [4.78, 5) is 2.28. The van der Waals surface area contributed by atoms with Crippen LogP contribution in [0.4, 0.5) is 17.1 Å². The van der Waals surface area contributed by atoms with Crippen molar-refractivity contribution in [3.63, 3.8) is 0 Å². The van der Waals surface area contributed by atoms with Gasteiger partial charge in [0.25, 0.3) is 0 Å². The largest absolute Gasteiger partial charge is 0.454 e. The highest BCUT2D eigenvalue weighted by atomic mass is 16.3. The highest BCUT2D eigenvalue weighted by Gasteiger charge is 2.23. The van der Waals surface area contributed by atoms with E-state index in [1.807, 2.05) is 12.1 Å². The summed E-state index contributed by atoms with van der Waals surface area (Å²) in [7, 11) is 0. The molecule has 9 rings (SSSR count). The Morgan fingerprint density at radius 3 is 1.78 bits per heavy atom. The molecule has 0 saturated heterocycles. The van der Waals surface area contributed by atoms with Gasteiger partial charge in [-0.05, 0) is 52.6 Å². The van der Waals surface area contributed by atoms with Gasteiger partial charge in [0.15, 0.2) is 11.2 Å². The summed E-state index contributed by atoms with van der Waals surface area (Å²) in [6.45, 7) is 0. The van der Waals surface area contributed by atoms with Gasteiger partial charge in [0, 0.05) is 32.6 Å². The van der Waals surface area contributed by atoms with Crippen molar-refractivity contribution in [2.24, 2.45) is 0 Å². The molecule has 0 fully saturated rings. The first-order valence-corrected chi connectivity index (χ1v) is 13.9. The van der Waals surface area contributed by atoms with Crippen molar-refractivity contribution >= 4 is 82.5 Å². The lowest BCUT2D eigenvalue weighted by Crippen LogP contribution is -2.10. The molecule has 0 aliphatic carbocycles. The van der Waals surface area contributed by atoms with Crippen LogP contribution in [-0.4, -0.2) is 0 Å². The highest BCUT2D eigenvalue weighted by molar-refractivity contribution is 6.18. The fourth-order valence-electron chi connectivity index (χ4n) is 6.32. The Hall–Kier alpha value is -5.54. The molecular formula is C38H23NO2. The minimum Gasteiger partial charge on any atom is -0.454 e. The van der Waals surface area contributed by atoms with Crippen molar-refractivity contribution in [3.8, 4) is 0 Å². The van der Waals surface area contributed by atoms with Gasteiger partial charge in [-0.15, -0.1) is 0 Å². The minimum absolute atomic E-state index is 0.847. The fourth-order valence-corrected chi connectivity index (χ4v) is 6.32. The Kier molecular flexibility index (Phi) is 4.61. The average molecular weight is 526 g/mol. The molecule has 2 heterocycles. The number of benzene rings is 7. The Balaban J connectivity index is 1.39. The summed E-state index contributed by atoms with van der Waals surface area (Å²) < 4.78 is 13.4. The van der Waals surface area contributed by atoms with Crippen LogP contribution < -0.4 is 4.90 Å². The predicted octanol–water partition coefficient (Wildman–Crippen LogP) is 11.3. The van der Waals surface area contributed by atoms with Crippen molar-refractivity contribution in [1.82, 2.24) is 0 Å². The smallest absolute Gasteiger partial charge is 0.159 e. The van der Waals surface area contributed by atoms with Crippen molar-refractivity contribution in [2.75, 3.05) is 4.90 Å². The van der Waals surface area contributed by atoms with Gasteiger partial charge in [0.1, 0.15) is 11.2 Å². The maximum absolute atomic E-state index is 6.81. The molecule has 0 atom stereocenters. The van der Waals surface area contributed by atoms with E-state index in [9.17, 15) is 0 Å². The standard InChI is InChI=1S/C38H23NO2/c1-2-11-26-23-27(21-19-24(26)9-1)39(33-16-7-14-30-29-13-5-6-18-35(29)40-37(30)33)34-17-8-15-31-32-22-20-25-10-3-4-12-28(25)36(32)41-38(31)34/h1-23H. The summed E-state index contributed by atoms with van der Waals surface area (Å²) in [6, 6.07) is 48.9. The molecule has 0 amide bonds. The molecule has 9 aromatic rings. The van der Waals surface area contributed by atoms with Gasteiger partial charge < -0.3 is 13.7 Å². The zero-order valence-electron chi connectivity index (χ0n) is 22.0. The van der Waals surface area contributed by atoms with Crippen molar-refractivity contribution < 1.29 is 8.83 Å². The summed E-state index contributed by atoms with van der Waals surface area (Å²) in [5.74, 6) is 0. The summed E-state index contributed by atoms with van der Waals surface area (Å²) >= 11 is 0. The van der Waals surface area contributed by atoms with Gasteiger partial charge in [0.05, 0.1) is 11.4 Å². The number of rotatable bonds is 3. The molecule has 192 valence electrons. The Morgan fingerprint density at radius 2 is 0.951 bits per heavy atom. The molecule has 7 aromatic carbocycles. The van der Waals surface area contributed by atoms with Crippen LogP contribution in [0.3, 0.4) is 0 Å².